The zero-order valence-corrected chi connectivity index (χ0v) is 12.2. The molecule has 1 aromatic heterocycles. The molecule has 2 rings (SSSR count). The smallest absolute Gasteiger partial charge is 0.148 e. The lowest BCUT2D eigenvalue weighted by Gasteiger charge is -2.19. The van der Waals surface area contributed by atoms with Crippen LogP contribution in [0.1, 0.15) is 51.6 Å². The molecule has 3 nitrogen and oxygen atoms in total. The van der Waals surface area contributed by atoms with Crippen molar-refractivity contribution < 1.29 is 0 Å². The van der Waals surface area contributed by atoms with Crippen molar-refractivity contribution in [1.29, 1.82) is 0 Å². The molecule has 1 N–H and O–H groups in total. The molecule has 3 heteroatoms. The zero-order valence-electron chi connectivity index (χ0n) is 12.2. The first kappa shape index (κ1) is 13.4. The summed E-state index contributed by atoms with van der Waals surface area (Å²) in [5, 5.41) is 8.10. The van der Waals surface area contributed by atoms with E-state index < -0.39 is 0 Å². The fourth-order valence-corrected chi connectivity index (χ4v) is 2.98. The number of aromatic nitrogens is 2. The summed E-state index contributed by atoms with van der Waals surface area (Å²) < 4.78 is 1.94. The first-order valence-corrected chi connectivity index (χ1v) is 7.33. The second kappa shape index (κ2) is 5.77. The van der Waals surface area contributed by atoms with E-state index in [4.69, 9.17) is 0 Å². The van der Waals surface area contributed by atoms with Crippen molar-refractivity contribution in [2.75, 3.05) is 5.32 Å². The molecule has 0 aromatic carbocycles. The van der Waals surface area contributed by atoms with Gasteiger partial charge in [0.1, 0.15) is 5.82 Å². The monoisotopic (exact) mass is 249 g/mol. The van der Waals surface area contributed by atoms with Crippen LogP contribution in [0.2, 0.25) is 0 Å². The van der Waals surface area contributed by atoms with Crippen molar-refractivity contribution in [1.82, 2.24) is 9.78 Å². The minimum atomic E-state index is 0.614. The van der Waals surface area contributed by atoms with Gasteiger partial charge in [0.15, 0.2) is 0 Å². The Morgan fingerprint density at radius 3 is 2.67 bits per heavy atom. The molecule has 1 heterocycles. The normalized spacial score (nSPS) is 25.2. The van der Waals surface area contributed by atoms with E-state index in [1.165, 1.54) is 37.8 Å². The molecule has 0 spiro atoms. The summed E-state index contributed by atoms with van der Waals surface area (Å²) in [6.45, 7) is 6.82. The van der Waals surface area contributed by atoms with Gasteiger partial charge in [0.05, 0.1) is 0 Å². The summed E-state index contributed by atoms with van der Waals surface area (Å²) in [6.07, 6.45) is 6.70. The van der Waals surface area contributed by atoms with Crippen LogP contribution in [0.25, 0.3) is 0 Å². The number of nitrogens with one attached hydrogen (secondary N) is 1. The SMILES string of the molecule is Cc1cc(NC2CCCC(C(C)C)CC2)nn1C. The molecule has 0 saturated heterocycles. The average molecular weight is 249 g/mol. The molecule has 18 heavy (non-hydrogen) atoms. The van der Waals surface area contributed by atoms with Crippen molar-refractivity contribution in [3.05, 3.63) is 11.8 Å². The Bertz CT molecular complexity index is 362. The topological polar surface area (TPSA) is 29.9 Å². The fourth-order valence-electron chi connectivity index (χ4n) is 2.98. The summed E-state index contributed by atoms with van der Waals surface area (Å²) in [6, 6.07) is 2.76. The minimum absolute atomic E-state index is 0.614. The first-order valence-electron chi connectivity index (χ1n) is 7.33. The van der Waals surface area contributed by atoms with E-state index in [0.717, 1.165) is 17.7 Å². The van der Waals surface area contributed by atoms with Gasteiger partial charge >= 0.3 is 0 Å². The number of rotatable bonds is 3. The molecule has 0 radical (unpaired) electrons. The van der Waals surface area contributed by atoms with Crippen molar-refractivity contribution >= 4 is 5.82 Å². The van der Waals surface area contributed by atoms with Gasteiger partial charge in [-0.25, -0.2) is 0 Å². The molecule has 1 aliphatic carbocycles. The summed E-state index contributed by atoms with van der Waals surface area (Å²) in [4.78, 5) is 0. The number of hydrogen-bond donors (Lipinski definition) is 1. The highest BCUT2D eigenvalue weighted by atomic mass is 15.3. The highest BCUT2D eigenvalue weighted by Crippen LogP contribution is 2.29. The molecular weight excluding hydrogens is 222 g/mol. The largest absolute Gasteiger partial charge is 0.366 e. The summed E-state index contributed by atoms with van der Waals surface area (Å²) in [5.74, 6) is 2.80. The number of anilines is 1. The third-order valence-corrected chi connectivity index (χ3v) is 4.42. The van der Waals surface area contributed by atoms with Crippen LogP contribution in [0.3, 0.4) is 0 Å². The van der Waals surface area contributed by atoms with Crippen LogP contribution in [0.15, 0.2) is 6.07 Å². The molecule has 1 aromatic rings. The molecule has 1 aliphatic rings. The van der Waals surface area contributed by atoms with Crippen LogP contribution in [0, 0.1) is 18.8 Å². The van der Waals surface area contributed by atoms with Gasteiger partial charge in [-0.15, -0.1) is 0 Å². The highest BCUT2D eigenvalue weighted by Gasteiger charge is 2.21. The van der Waals surface area contributed by atoms with Crippen molar-refractivity contribution in [2.45, 2.75) is 58.9 Å². The molecule has 2 atom stereocenters. The van der Waals surface area contributed by atoms with Gasteiger partial charge in [0.25, 0.3) is 0 Å². The van der Waals surface area contributed by atoms with E-state index in [9.17, 15) is 0 Å². The quantitative estimate of drug-likeness (QED) is 0.827. The predicted molar refractivity (Wildman–Crippen MR) is 76.8 cm³/mol. The summed E-state index contributed by atoms with van der Waals surface area (Å²) in [5.41, 5.74) is 1.21. The Morgan fingerprint density at radius 2 is 2.06 bits per heavy atom. The van der Waals surface area contributed by atoms with Crippen LogP contribution in [0.4, 0.5) is 5.82 Å². The third-order valence-electron chi connectivity index (χ3n) is 4.42. The lowest BCUT2D eigenvalue weighted by Crippen LogP contribution is -2.19. The van der Waals surface area contributed by atoms with E-state index in [0.29, 0.717) is 6.04 Å². The maximum atomic E-state index is 4.49. The molecule has 0 bridgehead atoms. The Hall–Kier alpha value is -0.990. The number of aryl methyl sites for hydroxylation is 2. The lowest BCUT2D eigenvalue weighted by atomic mass is 9.89. The number of hydrogen-bond acceptors (Lipinski definition) is 2. The summed E-state index contributed by atoms with van der Waals surface area (Å²) >= 11 is 0. The van der Waals surface area contributed by atoms with Crippen molar-refractivity contribution in [3.63, 3.8) is 0 Å². The third kappa shape index (κ3) is 3.27. The fraction of sp³-hybridized carbons (Fsp3) is 0.800. The van der Waals surface area contributed by atoms with Crippen LogP contribution in [-0.4, -0.2) is 15.8 Å². The molecule has 1 saturated carbocycles. The van der Waals surface area contributed by atoms with E-state index in [1.807, 2.05) is 11.7 Å². The Morgan fingerprint density at radius 1 is 1.28 bits per heavy atom. The van der Waals surface area contributed by atoms with Gasteiger partial charge in [-0.3, -0.25) is 4.68 Å². The second-order valence-corrected chi connectivity index (χ2v) is 6.15. The van der Waals surface area contributed by atoms with Crippen molar-refractivity contribution in [2.24, 2.45) is 18.9 Å². The standard InChI is InChI=1S/C15H27N3/c1-11(2)13-6-5-7-14(9-8-13)16-15-10-12(3)18(4)17-15/h10-11,13-14H,5-9H2,1-4H3,(H,16,17). The maximum Gasteiger partial charge on any atom is 0.148 e. The highest BCUT2D eigenvalue weighted by molar-refractivity contribution is 5.36. The van der Waals surface area contributed by atoms with Gasteiger partial charge < -0.3 is 5.32 Å². The van der Waals surface area contributed by atoms with Gasteiger partial charge in [-0.05, 0) is 38.0 Å². The Labute approximate surface area is 111 Å². The Balaban J connectivity index is 1.90. The second-order valence-electron chi connectivity index (χ2n) is 6.15. The number of nitrogens with zero attached hydrogens (tertiary/aromatic N) is 2. The van der Waals surface area contributed by atoms with Crippen LogP contribution < -0.4 is 5.32 Å². The van der Waals surface area contributed by atoms with Crippen LogP contribution >= 0.6 is 0 Å². The van der Waals surface area contributed by atoms with Gasteiger partial charge in [0.2, 0.25) is 0 Å². The van der Waals surface area contributed by atoms with Gasteiger partial charge in [0, 0.05) is 24.8 Å². The molecule has 102 valence electrons. The molecule has 2 unspecified atom stereocenters. The van der Waals surface area contributed by atoms with E-state index in [-0.39, 0.29) is 0 Å². The molecule has 1 fully saturated rings. The minimum Gasteiger partial charge on any atom is -0.366 e. The first-order chi connectivity index (χ1) is 8.56. The van der Waals surface area contributed by atoms with E-state index in [2.05, 4.69) is 37.3 Å². The van der Waals surface area contributed by atoms with Crippen LogP contribution in [0.5, 0.6) is 0 Å². The average Bonchev–Trinajstić information content (AvgIpc) is 2.54. The zero-order chi connectivity index (χ0) is 13.1. The van der Waals surface area contributed by atoms with Gasteiger partial charge in [-0.1, -0.05) is 26.7 Å². The summed E-state index contributed by atoms with van der Waals surface area (Å²) in [7, 11) is 2.00. The predicted octanol–water partition coefficient (Wildman–Crippen LogP) is 3.75. The van der Waals surface area contributed by atoms with E-state index in [1.54, 1.807) is 0 Å². The van der Waals surface area contributed by atoms with Gasteiger partial charge in [-0.2, -0.15) is 5.10 Å². The lowest BCUT2D eigenvalue weighted by molar-refractivity contribution is 0.341. The van der Waals surface area contributed by atoms with E-state index >= 15 is 0 Å². The Kier molecular flexibility index (Phi) is 4.31. The molecule has 0 amide bonds. The molecular formula is C15H27N3. The maximum absolute atomic E-state index is 4.49. The molecule has 0 aliphatic heterocycles. The van der Waals surface area contributed by atoms with Crippen LogP contribution in [-0.2, 0) is 7.05 Å². The van der Waals surface area contributed by atoms with Crippen molar-refractivity contribution in [3.8, 4) is 0 Å².